The number of H-pyrrole nitrogens is 1. The van der Waals surface area contributed by atoms with Crippen molar-refractivity contribution in [1.82, 2.24) is 9.97 Å². The third-order valence-electron chi connectivity index (χ3n) is 4.26. The largest absolute Gasteiger partial charge is 0.372 e. The van der Waals surface area contributed by atoms with Crippen LogP contribution in [0.3, 0.4) is 0 Å². The normalized spacial score (nSPS) is 14.6. The molecular weight excluding hydrogens is 354 g/mol. The summed E-state index contributed by atoms with van der Waals surface area (Å²) in [6.07, 6.45) is 2.43. The van der Waals surface area contributed by atoms with E-state index in [2.05, 4.69) is 36.9 Å². The number of rotatable bonds is 2. The van der Waals surface area contributed by atoms with Gasteiger partial charge in [0.2, 0.25) is 0 Å². The van der Waals surface area contributed by atoms with E-state index in [-0.39, 0.29) is 5.56 Å². The van der Waals surface area contributed by atoms with Crippen molar-refractivity contribution in [2.75, 3.05) is 18.0 Å². The lowest BCUT2D eigenvalue weighted by Crippen LogP contribution is -2.18. The fraction of sp³-hybridized carbons (Fsp3) is 0.222. The molecule has 0 amide bonds. The number of aromatic amines is 1. The number of benzene rings is 2. The van der Waals surface area contributed by atoms with E-state index in [9.17, 15) is 4.79 Å². The first-order valence-corrected chi connectivity index (χ1v) is 8.55. The van der Waals surface area contributed by atoms with E-state index in [1.807, 2.05) is 36.4 Å². The maximum absolute atomic E-state index is 12.5. The molecule has 2 heterocycles. The molecule has 1 aliphatic rings. The van der Waals surface area contributed by atoms with Crippen LogP contribution in [-0.2, 0) is 0 Å². The molecule has 2 aromatic carbocycles. The lowest BCUT2D eigenvalue weighted by Gasteiger charge is -2.17. The maximum atomic E-state index is 12.5. The number of anilines is 1. The molecule has 5 heteroatoms. The van der Waals surface area contributed by atoms with Crippen LogP contribution in [0.2, 0.25) is 0 Å². The van der Waals surface area contributed by atoms with E-state index in [0.717, 1.165) is 34.3 Å². The SMILES string of the molecule is O=c1[nH]c(-c2cccc(Br)c2)nc2ccc(N3CCCC3)cc12. The van der Waals surface area contributed by atoms with Crippen molar-refractivity contribution < 1.29 is 0 Å². The molecule has 23 heavy (non-hydrogen) atoms. The van der Waals surface area contributed by atoms with E-state index in [1.165, 1.54) is 12.8 Å². The average Bonchev–Trinajstić information content (AvgIpc) is 3.09. The molecule has 0 bridgehead atoms. The Balaban J connectivity index is 1.82. The number of hydrogen-bond acceptors (Lipinski definition) is 3. The molecule has 1 aliphatic heterocycles. The molecule has 1 N–H and O–H groups in total. The van der Waals surface area contributed by atoms with Gasteiger partial charge in [0.25, 0.3) is 5.56 Å². The highest BCUT2D eigenvalue weighted by molar-refractivity contribution is 9.10. The second-order valence-corrected chi connectivity index (χ2v) is 6.74. The third kappa shape index (κ3) is 2.77. The van der Waals surface area contributed by atoms with Crippen molar-refractivity contribution in [2.45, 2.75) is 12.8 Å². The number of hydrogen-bond donors (Lipinski definition) is 1. The Morgan fingerprint density at radius 1 is 1.09 bits per heavy atom. The van der Waals surface area contributed by atoms with Crippen LogP contribution in [0.25, 0.3) is 22.3 Å². The minimum atomic E-state index is -0.0916. The molecule has 1 fully saturated rings. The van der Waals surface area contributed by atoms with Crippen molar-refractivity contribution in [3.05, 3.63) is 57.3 Å². The zero-order chi connectivity index (χ0) is 15.8. The summed E-state index contributed by atoms with van der Waals surface area (Å²) in [5.74, 6) is 0.595. The molecule has 0 spiro atoms. The molecule has 0 radical (unpaired) electrons. The number of nitrogens with one attached hydrogen (secondary N) is 1. The summed E-state index contributed by atoms with van der Waals surface area (Å²) in [6.45, 7) is 2.12. The van der Waals surface area contributed by atoms with Gasteiger partial charge in [-0.15, -0.1) is 0 Å². The Morgan fingerprint density at radius 2 is 1.91 bits per heavy atom. The van der Waals surface area contributed by atoms with Crippen molar-refractivity contribution in [3.63, 3.8) is 0 Å². The van der Waals surface area contributed by atoms with Crippen LogP contribution in [0.5, 0.6) is 0 Å². The van der Waals surface area contributed by atoms with Crippen molar-refractivity contribution >= 4 is 32.5 Å². The molecule has 1 aromatic heterocycles. The second kappa shape index (κ2) is 5.81. The molecule has 0 aliphatic carbocycles. The molecule has 4 nitrogen and oxygen atoms in total. The first-order valence-electron chi connectivity index (χ1n) is 7.76. The fourth-order valence-electron chi connectivity index (χ4n) is 3.07. The van der Waals surface area contributed by atoms with Gasteiger partial charge in [0, 0.05) is 28.8 Å². The number of fused-ring (bicyclic) bond motifs is 1. The van der Waals surface area contributed by atoms with Crippen molar-refractivity contribution in [2.24, 2.45) is 0 Å². The van der Waals surface area contributed by atoms with Crippen molar-refractivity contribution in [1.29, 1.82) is 0 Å². The Kier molecular flexibility index (Phi) is 3.65. The molecule has 0 saturated carbocycles. The van der Waals surface area contributed by atoms with Gasteiger partial charge in [-0.2, -0.15) is 0 Å². The van der Waals surface area contributed by atoms with Crippen LogP contribution in [0, 0.1) is 0 Å². The lowest BCUT2D eigenvalue weighted by molar-refractivity contribution is 0.949. The summed E-state index contributed by atoms with van der Waals surface area (Å²) in [6, 6.07) is 13.7. The van der Waals surface area contributed by atoms with Gasteiger partial charge in [-0.25, -0.2) is 4.98 Å². The molecule has 4 rings (SSSR count). The fourth-order valence-corrected chi connectivity index (χ4v) is 3.47. The zero-order valence-electron chi connectivity index (χ0n) is 12.6. The molecule has 0 unspecified atom stereocenters. The highest BCUT2D eigenvalue weighted by atomic mass is 79.9. The molecule has 116 valence electrons. The van der Waals surface area contributed by atoms with Gasteiger partial charge in [0.1, 0.15) is 5.82 Å². The Labute approximate surface area is 142 Å². The summed E-state index contributed by atoms with van der Waals surface area (Å²) in [7, 11) is 0. The summed E-state index contributed by atoms with van der Waals surface area (Å²) in [4.78, 5) is 22.3. The Bertz CT molecular complexity index is 929. The number of aromatic nitrogens is 2. The van der Waals surface area contributed by atoms with Gasteiger partial charge in [0.05, 0.1) is 10.9 Å². The smallest absolute Gasteiger partial charge is 0.259 e. The van der Waals surface area contributed by atoms with E-state index in [1.54, 1.807) is 0 Å². The van der Waals surface area contributed by atoms with Crippen LogP contribution in [-0.4, -0.2) is 23.1 Å². The van der Waals surface area contributed by atoms with E-state index in [4.69, 9.17) is 0 Å². The first kappa shape index (κ1) is 14.5. The lowest BCUT2D eigenvalue weighted by atomic mass is 10.1. The second-order valence-electron chi connectivity index (χ2n) is 5.82. The maximum Gasteiger partial charge on any atom is 0.259 e. The summed E-state index contributed by atoms with van der Waals surface area (Å²) in [5, 5.41) is 0.646. The van der Waals surface area contributed by atoms with E-state index in [0.29, 0.717) is 11.2 Å². The van der Waals surface area contributed by atoms with E-state index >= 15 is 0 Å². The highest BCUT2D eigenvalue weighted by Crippen LogP contribution is 2.24. The number of halogens is 1. The van der Waals surface area contributed by atoms with Crippen LogP contribution < -0.4 is 10.5 Å². The Hall–Kier alpha value is -2.14. The number of nitrogens with zero attached hydrogens (tertiary/aromatic N) is 2. The zero-order valence-corrected chi connectivity index (χ0v) is 14.1. The van der Waals surface area contributed by atoms with Gasteiger partial charge in [-0.05, 0) is 43.2 Å². The van der Waals surface area contributed by atoms with Crippen LogP contribution >= 0.6 is 15.9 Å². The predicted molar refractivity (Wildman–Crippen MR) is 96.9 cm³/mol. The summed E-state index contributed by atoms with van der Waals surface area (Å²) < 4.78 is 0.960. The van der Waals surface area contributed by atoms with Gasteiger partial charge in [-0.3, -0.25) is 4.79 Å². The molecule has 3 aromatic rings. The minimum absolute atomic E-state index is 0.0916. The average molecular weight is 370 g/mol. The van der Waals surface area contributed by atoms with E-state index < -0.39 is 0 Å². The summed E-state index contributed by atoms with van der Waals surface area (Å²) in [5.41, 5.74) is 2.64. The first-order chi connectivity index (χ1) is 11.2. The Morgan fingerprint density at radius 3 is 2.70 bits per heavy atom. The third-order valence-corrected chi connectivity index (χ3v) is 4.75. The van der Waals surface area contributed by atoms with Crippen molar-refractivity contribution in [3.8, 4) is 11.4 Å². The van der Waals surface area contributed by atoms with Crippen LogP contribution in [0.1, 0.15) is 12.8 Å². The standard InChI is InChI=1S/C18H16BrN3O/c19-13-5-3-4-12(10-13)17-20-16-7-6-14(22-8-1-2-9-22)11-15(16)18(23)21-17/h3-7,10-11H,1-2,8-9H2,(H,20,21,23). The molecule has 0 atom stereocenters. The summed E-state index contributed by atoms with van der Waals surface area (Å²) >= 11 is 3.45. The quantitative estimate of drug-likeness (QED) is 0.743. The van der Waals surface area contributed by atoms with Crippen LogP contribution in [0.15, 0.2) is 51.7 Å². The highest BCUT2D eigenvalue weighted by Gasteiger charge is 2.14. The van der Waals surface area contributed by atoms with Gasteiger partial charge in [-0.1, -0.05) is 28.1 Å². The van der Waals surface area contributed by atoms with Gasteiger partial charge < -0.3 is 9.88 Å². The monoisotopic (exact) mass is 369 g/mol. The van der Waals surface area contributed by atoms with Crippen LogP contribution in [0.4, 0.5) is 5.69 Å². The molecule has 1 saturated heterocycles. The van der Waals surface area contributed by atoms with Gasteiger partial charge >= 0.3 is 0 Å². The van der Waals surface area contributed by atoms with Gasteiger partial charge in [0.15, 0.2) is 0 Å². The predicted octanol–water partition coefficient (Wildman–Crippen LogP) is 3.95. The minimum Gasteiger partial charge on any atom is -0.372 e. The topological polar surface area (TPSA) is 49.0 Å². The molecular formula is C18H16BrN3O.